The van der Waals surface area contributed by atoms with Crippen molar-refractivity contribution in [3.05, 3.63) is 47.9 Å². The standard InChI is InChI=1S/C18H21N5O3/c1-11-9-23(10-12(2)26-11)16-6-4-14(8-21-16)22-18(25)13-3-5-15(17(19)24)20-7-13/h3-8,11-12H,9-10H2,1-2H3,(H2,19,24)(H,22,25). The van der Waals surface area contributed by atoms with Crippen LogP contribution in [0, 0.1) is 0 Å². The lowest BCUT2D eigenvalue weighted by Gasteiger charge is -2.36. The van der Waals surface area contributed by atoms with Gasteiger partial charge in [-0.2, -0.15) is 0 Å². The number of nitrogens with zero attached hydrogens (tertiary/aromatic N) is 3. The van der Waals surface area contributed by atoms with E-state index in [2.05, 4.69) is 20.2 Å². The molecule has 0 spiro atoms. The van der Waals surface area contributed by atoms with Crippen LogP contribution in [0.3, 0.4) is 0 Å². The van der Waals surface area contributed by atoms with Crippen LogP contribution in [-0.4, -0.2) is 47.1 Å². The molecule has 0 aliphatic carbocycles. The van der Waals surface area contributed by atoms with E-state index in [4.69, 9.17) is 10.5 Å². The van der Waals surface area contributed by atoms with Gasteiger partial charge in [-0.15, -0.1) is 0 Å². The van der Waals surface area contributed by atoms with Crippen LogP contribution >= 0.6 is 0 Å². The Labute approximate surface area is 151 Å². The SMILES string of the molecule is CC1CN(c2ccc(NC(=O)c3ccc(C(N)=O)nc3)cn2)CC(C)O1. The number of ether oxygens (including phenoxy) is 1. The van der Waals surface area contributed by atoms with Gasteiger partial charge in [0, 0.05) is 19.3 Å². The zero-order chi connectivity index (χ0) is 18.7. The highest BCUT2D eigenvalue weighted by Crippen LogP contribution is 2.20. The highest BCUT2D eigenvalue weighted by Gasteiger charge is 2.23. The second-order valence-corrected chi connectivity index (χ2v) is 6.32. The van der Waals surface area contributed by atoms with Gasteiger partial charge in [-0.3, -0.25) is 14.6 Å². The first-order valence-corrected chi connectivity index (χ1v) is 8.36. The maximum atomic E-state index is 12.2. The quantitative estimate of drug-likeness (QED) is 0.859. The number of primary amides is 1. The fraction of sp³-hybridized carbons (Fsp3) is 0.333. The number of hydrogen-bond donors (Lipinski definition) is 2. The lowest BCUT2D eigenvalue weighted by Crippen LogP contribution is -2.45. The van der Waals surface area contributed by atoms with Crippen LogP contribution in [0.25, 0.3) is 0 Å². The Hall–Kier alpha value is -3.00. The number of nitrogens with two attached hydrogens (primary N) is 1. The molecule has 3 rings (SSSR count). The van der Waals surface area contributed by atoms with E-state index in [1.165, 1.54) is 18.3 Å². The summed E-state index contributed by atoms with van der Waals surface area (Å²) in [6.07, 6.45) is 3.23. The molecular weight excluding hydrogens is 334 g/mol. The first-order valence-electron chi connectivity index (χ1n) is 8.36. The number of carbonyl (C=O) groups excluding carboxylic acids is 2. The molecule has 0 bridgehead atoms. The first-order chi connectivity index (χ1) is 12.4. The molecule has 136 valence electrons. The summed E-state index contributed by atoms with van der Waals surface area (Å²) in [5.41, 5.74) is 6.15. The van der Waals surface area contributed by atoms with E-state index in [9.17, 15) is 9.59 Å². The van der Waals surface area contributed by atoms with E-state index >= 15 is 0 Å². The van der Waals surface area contributed by atoms with Gasteiger partial charge in [0.15, 0.2) is 0 Å². The normalized spacial score (nSPS) is 19.8. The molecule has 2 unspecified atom stereocenters. The van der Waals surface area contributed by atoms with Crippen LogP contribution in [0.1, 0.15) is 34.7 Å². The van der Waals surface area contributed by atoms with Crippen molar-refractivity contribution in [1.82, 2.24) is 9.97 Å². The molecule has 1 saturated heterocycles. The zero-order valence-corrected chi connectivity index (χ0v) is 14.7. The minimum Gasteiger partial charge on any atom is -0.372 e. The number of nitrogens with one attached hydrogen (secondary N) is 1. The average molecular weight is 355 g/mol. The number of aromatic nitrogens is 2. The third-order valence-electron chi connectivity index (χ3n) is 4.03. The van der Waals surface area contributed by atoms with E-state index in [1.54, 1.807) is 12.3 Å². The van der Waals surface area contributed by atoms with Gasteiger partial charge < -0.3 is 20.7 Å². The summed E-state index contributed by atoms with van der Waals surface area (Å²) in [4.78, 5) is 33.7. The predicted octanol–water partition coefficient (Wildman–Crippen LogP) is 1.44. The van der Waals surface area contributed by atoms with Gasteiger partial charge in [0.1, 0.15) is 11.5 Å². The lowest BCUT2D eigenvalue weighted by atomic mass is 10.2. The Morgan fingerprint density at radius 1 is 1.12 bits per heavy atom. The fourth-order valence-corrected chi connectivity index (χ4v) is 2.89. The number of amides is 2. The molecule has 2 aromatic rings. The van der Waals surface area contributed by atoms with Gasteiger partial charge in [0.2, 0.25) is 0 Å². The summed E-state index contributed by atoms with van der Waals surface area (Å²) in [6.45, 7) is 5.63. The molecule has 1 fully saturated rings. The number of morpholine rings is 1. The van der Waals surface area contributed by atoms with Crippen LogP contribution in [0.15, 0.2) is 36.7 Å². The molecule has 26 heavy (non-hydrogen) atoms. The Morgan fingerprint density at radius 2 is 1.85 bits per heavy atom. The van der Waals surface area contributed by atoms with E-state index in [-0.39, 0.29) is 23.8 Å². The Kier molecular flexibility index (Phi) is 5.13. The highest BCUT2D eigenvalue weighted by atomic mass is 16.5. The molecule has 0 aromatic carbocycles. The molecular formula is C18H21N5O3. The smallest absolute Gasteiger partial charge is 0.267 e. The summed E-state index contributed by atoms with van der Waals surface area (Å²) >= 11 is 0. The molecule has 2 aromatic heterocycles. The minimum atomic E-state index is -0.636. The maximum absolute atomic E-state index is 12.2. The highest BCUT2D eigenvalue weighted by molar-refractivity contribution is 6.04. The van der Waals surface area contributed by atoms with Gasteiger partial charge in [-0.1, -0.05) is 0 Å². The lowest BCUT2D eigenvalue weighted by molar-refractivity contribution is -0.00545. The minimum absolute atomic E-state index is 0.113. The molecule has 8 heteroatoms. The van der Waals surface area contributed by atoms with Crippen molar-refractivity contribution in [2.75, 3.05) is 23.3 Å². The van der Waals surface area contributed by atoms with Crippen LogP contribution < -0.4 is 16.0 Å². The van der Waals surface area contributed by atoms with Crippen molar-refractivity contribution in [2.24, 2.45) is 5.73 Å². The Morgan fingerprint density at radius 3 is 2.38 bits per heavy atom. The number of anilines is 2. The maximum Gasteiger partial charge on any atom is 0.267 e. The van der Waals surface area contributed by atoms with Gasteiger partial charge in [-0.25, -0.2) is 4.98 Å². The summed E-state index contributed by atoms with van der Waals surface area (Å²) < 4.78 is 5.73. The van der Waals surface area contributed by atoms with E-state index in [0.717, 1.165) is 18.9 Å². The number of hydrogen-bond acceptors (Lipinski definition) is 6. The molecule has 3 heterocycles. The molecule has 2 amide bonds. The second-order valence-electron chi connectivity index (χ2n) is 6.32. The summed E-state index contributed by atoms with van der Waals surface area (Å²) in [5, 5.41) is 2.75. The van der Waals surface area contributed by atoms with E-state index in [1.807, 2.05) is 19.9 Å². The molecule has 1 aliphatic rings. The number of rotatable bonds is 4. The van der Waals surface area contributed by atoms with Crippen molar-refractivity contribution in [1.29, 1.82) is 0 Å². The third-order valence-corrected chi connectivity index (χ3v) is 4.03. The van der Waals surface area contributed by atoms with Crippen molar-refractivity contribution >= 4 is 23.3 Å². The molecule has 0 radical (unpaired) electrons. The number of carbonyl (C=O) groups is 2. The number of pyridine rings is 2. The van der Waals surface area contributed by atoms with Crippen molar-refractivity contribution in [3.8, 4) is 0 Å². The fourth-order valence-electron chi connectivity index (χ4n) is 2.89. The van der Waals surface area contributed by atoms with Gasteiger partial charge >= 0.3 is 0 Å². The van der Waals surface area contributed by atoms with Gasteiger partial charge in [-0.05, 0) is 38.1 Å². The molecule has 2 atom stereocenters. The first kappa shape index (κ1) is 17.8. The summed E-state index contributed by atoms with van der Waals surface area (Å²) in [7, 11) is 0. The van der Waals surface area contributed by atoms with Crippen LogP contribution in [0.4, 0.5) is 11.5 Å². The van der Waals surface area contributed by atoms with Crippen LogP contribution in [0.5, 0.6) is 0 Å². The molecule has 1 aliphatic heterocycles. The Bertz CT molecular complexity index is 781. The molecule has 0 saturated carbocycles. The van der Waals surface area contributed by atoms with Crippen molar-refractivity contribution in [2.45, 2.75) is 26.1 Å². The van der Waals surface area contributed by atoms with E-state index in [0.29, 0.717) is 11.3 Å². The average Bonchev–Trinajstić information content (AvgIpc) is 2.61. The van der Waals surface area contributed by atoms with Crippen LogP contribution in [0.2, 0.25) is 0 Å². The molecule has 8 nitrogen and oxygen atoms in total. The van der Waals surface area contributed by atoms with E-state index < -0.39 is 5.91 Å². The third kappa shape index (κ3) is 4.15. The predicted molar refractivity (Wildman–Crippen MR) is 97.2 cm³/mol. The summed E-state index contributed by atoms with van der Waals surface area (Å²) in [6, 6.07) is 6.59. The summed E-state index contributed by atoms with van der Waals surface area (Å²) in [5.74, 6) is -0.127. The largest absolute Gasteiger partial charge is 0.372 e. The van der Waals surface area contributed by atoms with Gasteiger partial charge in [0.25, 0.3) is 11.8 Å². The Balaban J connectivity index is 1.65. The van der Waals surface area contributed by atoms with Crippen LogP contribution in [-0.2, 0) is 4.74 Å². The second kappa shape index (κ2) is 7.49. The van der Waals surface area contributed by atoms with Gasteiger partial charge in [0.05, 0.1) is 29.7 Å². The van der Waals surface area contributed by atoms with Crippen molar-refractivity contribution < 1.29 is 14.3 Å². The molecule has 3 N–H and O–H groups in total. The zero-order valence-electron chi connectivity index (χ0n) is 14.7. The topological polar surface area (TPSA) is 110 Å². The van der Waals surface area contributed by atoms with Crippen molar-refractivity contribution in [3.63, 3.8) is 0 Å². The monoisotopic (exact) mass is 355 g/mol.